The van der Waals surface area contributed by atoms with Gasteiger partial charge in [0.05, 0.1) is 17.8 Å². The number of benzene rings is 1. The minimum Gasteiger partial charge on any atom is -0.476 e. The average Bonchev–Trinajstić information content (AvgIpc) is 2.43. The molecule has 0 amide bonds. The zero-order chi connectivity index (χ0) is 13.8. The van der Waals surface area contributed by atoms with Crippen molar-refractivity contribution in [3.8, 4) is 0 Å². The lowest BCUT2D eigenvalue weighted by Crippen LogP contribution is -2.29. The number of aliphatic hydroxyl groups excluding tert-OH is 1. The van der Waals surface area contributed by atoms with Crippen LogP contribution in [0.25, 0.3) is 10.9 Å². The molecule has 0 aliphatic rings. The Morgan fingerprint density at radius 2 is 2.05 bits per heavy atom. The number of anilines is 1. The van der Waals surface area contributed by atoms with Gasteiger partial charge in [-0.25, -0.2) is 4.79 Å². The first kappa shape index (κ1) is 13.2. The van der Waals surface area contributed by atoms with E-state index in [0.29, 0.717) is 24.3 Å². The van der Waals surface area contributed by atoms with Crippen LogP contribution in [0.4, 0.5) is 5.69 Å². The summed E-state index contributed by atoms with van der Waals surface area (Å²) in [4.78, 5) is 13.1. The lowest BCUT2D eigenvalue weighted by molar-refractivity contribution is 0.0690. The number of carboxylic acid groups (broad SMARTS) is 1. The molecule has 0 bridgehead atoms. The highest BCUT2D eigenvalue weighted by molar-refractivity contribution is 6.02. The van der Waals surface area contributed by atoms with E-state index in [1.807, 2.05) is 25.1 Å². The third-order valence-electron chi connectivity index (χ3n) is 2.91. The fourth-order valence-corrected chi connectivity index (χ4v) is 2.05. The minimum absolute atomic E-state index is 0.0520. The molecule has 1 aromatic heterocycles. The summed E-state index contributed by atoms with van der Waals surface area (Å²) in [5.74, 6) is -1.12. The van der Waals surface area contributed by atoms with E-state index in [2.05, 4.69) is 10.2 Å². The monoisotopic (exact) mass is 261 g/mol. The first-order valence-corrected chi connectivity index (χ1v) is 6.03. The van der Waals surface area contributed by atoms with Crippen molar-refractivity contribution in [3.05, 3.63) is 30.0 Å². The summed E-state index contributed by atoms with van der Waals surface area (Å²) in [6, 6.07) is 7.24. The number of aliphatic hydroxyl groups is 1. The van der Waals surface area contributed by atoms with E-state index in [1.165, 1.54) is 0 Å². The fraction of sp³-hybridized carbons (Fsp3) is 0.308. The van der Waals surface area contributed by atoms with Gasteiger partial charge < -0.3 is 15.1 Å². The van der Waals surface area contributed by atoms with Crippen LogP contribution >= 0.6 is 0 Å². The molecular formula is C13H15N3O3. The molecule has 0 unspecified atom stereocenters. The summed E-state index contributed by atoms with van der Waals surface area (Å²) in [6.45, 7) is 2.78. The standard InChI is InChI=1S/C13H15N3O3/c1-2-16(7-8-17)12-9-5-3-4-6-10(9)14-15-11(12)13(18)19/h3-6,17H,2,7-8H2,1H3,(H,18,19). The Kier molecular flexibility index (Phi) is 3.91. The number of rotatable bonds is 5. The second kappa shape index (κ2) is 5.62. The Bertz CT molecular complexity index is 601. The van der Waals surface area contributed by atoms with Gasteiger partial charge in [0, 0.05) is 18.5 Å². The fourth-order valence-electron chi connectivity index (χ4n) is 2.05. The second-order valence-electron chi connectivity index (χ2n) is 4.02. The zero-order valence-electron chi connectivity index (χ0n) is 10.6. The smallest absolute Gasteiger partial charge is 0.358 e. The lowest BCUT2D eigenvalue weighted by atomic mass is 10.1. The third kappa shape index (κ3) is 2.48. The quantitative estimate of drug-likeness (QED) is 0.839. The van der Waals surface area contributed by atoms with E-state index in [1.54, 1.807) is 11.0 Å². The molecule has 2 N–H and O–H groups in total. The summed E-state index contributed by atoms with van der Waals surface area (Å²) in [5, 5.41) is 26.8. The number of aromatic carboxylic acids is 1. The SMILES string of the molecule is CCN(CCO)c1c(C(=O)O)nnc2ccccc12. The summed E-state index contributed by atoms with van der Waals surface area (Å²) in [5.41, 5.74) is 1.06. The molecule has 2 rings (SSSR count). The lowest BCUT2D eigenvalue weighted by Gasteiger charge is -2.24. The molecule has 19 heavy (non-hydrogen) atoms. The summed E-state index contributed by atoms with van der Waals surface area (Å²) < 4.78 is 0. The Morgan fingerprint density at radius 1 is 1.32 bits per heavy atom. The van der Waals surface area contributed by atoms with Crippen molar-refractivity contribution in [1.82, 2.24) is 10.2 Å². The van der Waals surface area contributed by atoms with Crippen molar-refractivity contribution in [2.24, 2.45) is 0 Å². The zero-order valence-corrected chi connectivity index (χ0v) is 10.6. The predicted molar refractivity (Wildman–Crippen MR) is 71.5 cm³/mol. The average molecular weight is 261 g/mol. The number of carboxylic acids is 1. The van der Waals surface area contributed by atoms with Crippen molar-refractivity contribution in [3.63, 3.8) is 0 Å². The molecule has 0 aliphatic heterocycles. The molecule has 100 valence electrons. The Morgan fingerprint density at radius 3 is 2.68 bits per heavy atom. The first-order valence-electron chi connectivity index (χ1n) is 6.03. The van der Waals surface area contributed by atoms with Crippen LogP contribution in [0.1, 0.15) is 17.4 Å². The van der Waals surface area contributed by atoms with Crippen LogP contribution in [0, 0.1) is 0 Å². The van der Waals surface area contributed by atoms with Gasteiger partial charge in [-0.1, -0.05) is 18.2 Å². The predicted octanol–water partition coefficient (Wildman–Crippen LogP) is 1.15. The Labute approximate surface area is 110 Å². The largest absolute Gasteiger partial charge is 0.476 e. The van der Waals surface area contributed by atoms with E-state index in [0.717, 1.165) is 5.39 Å². The normalized spacial score (nSPS) is 10.6. The van der Waals surface area contributed by atoms with E-state index in [-0.39, 0.29) is 12.3 Å². The number of likely N-dealkylation sites (N-methyl/N-ethyl adjacent to an activating group) is 1. The summed E-state index contributed by atoms with van der Waals surface area (Å²) in [6.07, 6.45) is 0. The Balaban J connectivity index is 2.71. The van der Waals surface area contributed by atoms with Gasteiger partial charge in [0.15, 0.2) is 5.69 Å². The molecule has 0 spiro atoms. The number of hydrogen-bond donors (Lipinski definition) is 2. The van der Waals surface area contributed by atoms with Crippen molar-refractivity contribution in [1.29, 1.82) is 0 Å². The van der Waals surface area contributed by atoms with E-state index < -0.39 is 5.97 Å². The Hall–Kier alpha value is -2.21. The van der Waals surface area contributed by atoms with Crippen LogP contribution in [0.15, 0.2) is 24.3 Å². The minimum atomic E-state index is -1.12. The van der Waals surface area contributed by atoms with Gasteiger partial charge in [-0.15, -0.1) is 10.2 Å². The van der Waals surface area contributed by atoms with Crippen LogP contribution in [-0.4, -0.2) is 46.1 Å². The van der Waals surface area contributed by atoms with Crippen molar-refractivity contribution in [2.45, 2.75) is 6.92 Å². The van der Waals surface area contributed by atoms with Crippen LogP contribution in [0.5, 0.6) is 0 Å². The molecule has 0 saturated heterocycles. The van der Waals surface area contributed by atoms with Gasteiger partial charge in [-0.2, -0.15) is 0 Å². The maximum Gasteiger partial charge on any atom is 0.358 e. The highest BCUT2D eigenvalue weighted by Crippen LogP contribution is 2.27. The number of nitrogens with zero attached hydrogens (tertiary/aromatic N) is 3. The molecule has 0 radical (unpaired) electrons. The molecule has 6 nitrogen and oxygen atoms in total. The topological polar surface area (TPSA) is 86.5 Å². The molecule has 0 atom stereocenters. The molecule has 1 heterocycles. The third-order valence-corrected chi connectivity index (χ3v) is 2.91. The van der Waals surface area contributed by atoms with E-state index in [4.69, 9.17) is 5.11 Å². The maximum atomic E-state index is 11.3. The van der Waals surface area contributed by atoms with Crippen molar-refractivity contribution in [2.75, 3.05) is 24.6 Å². The molecular weight excluding hydrogens is 246 g/mol. The van der Waals surface area contributed by atoms with Gasteiger partial charge in [0.25, 0.3) is 0 Å². The summed E-state index contributed by atoms with van der Waals surface area (Å²) in [7, 11) is 0. The maximum absolute atomic E-state index is 11.3. The number of hydrogen-bond acceptors (Lipinski definition) is 5. The number of fused-ring (bicyclic) bond motifs is 1. The molecule has 1 aromatic carbocycles. The number of carbonyl (C=O) groups is 1. The van der Waals surface area contributed by atoms with Crippen LogP contribution < -0.4 is 4.90 Å². The van der Waals surface area contributed by atoms with Crippen LogP contribution in [-0.2, 0) is 0 Å². The molecule has 6 heteroatoms. The van der Waals surface area contributed by atoms with Crippen molar-refractivity contribution < 1.29 is 15.0 Å². The van der Waals surface area contributed by atoms with Gasteiger partial charge in [-0.05, 0) is 13.0 Å². The van der Waals surface area contributed by atoms with Gasteiger partial charge in [0.1, 0.15) is 0 Å². The molecule has 0 fully saturated rings. The van der Waals surface area contributed by atoms with E-state index >= 15 is 0 Å². The van der Waals surface area contributed by atoms with Gasteiger partial charge in [0.2, 0.25) is 0 Å². The molecule has 2 aromatic rings. The second-order valence-corrected chi connectivity index (χ2v) is 4.02. The van der Waals surface area contributed by atoms with Gasteiger partial charge >= 0.3 is 5.97 Å². The van der Waals surface area contributed by atoms with Crippen LogP contribution in [0.2, 0.25) is 0 Å². The highest BCUT2D eigenvalue weighted by Gasteiger charge is 2.20. The molecule has 0 saturated carbocycles. The van der Waals surface area contributed by atoms with Gasteiger partial charge in [-0.3, -0.25) is 0 Å². The van der Waals surface area contributed by atoms with E-state index in [9.17, 15) is 9.90 Å². The first-order chi connectivity index (χ1) is 9.19. The highest BCUT2D eigenvalue weighted by atomic mass is 16.4. The molecule has 0 aliphatic carbocycles. The summed E-state index contributed by atoms with van der Waals surface area (Å²) >= 11 is 0. The van der Waals surface area contributed by atoms with Crippen molar-refractivity contribution >= 4 is 22.6 Å². The van der Waals surface area contributed by atoms with Crippen LogP contribution in [0.3, 0.4) is 0 Å². The number of aromatic nitrogens is 2.